The van der Waals surface area contributed by atoms with Crippen molar-refractivity contribution in [3.8, 4) is 44.5 Å². The Balaban J connectivity index is 1.07. The molecule has 10 aromatic carbocycles. The van der Waals surface area contributed by atoms with Crippen LogP contribution in [-0.2, 0) is 5.41 Å². The van der Waals surface area contributed by atoms with E-state index in [9.17, 15) is 0 Å². The SMILES string of the molecule is CC1(C)c2ccc(N(c3ccc(-c4cccc5ccccc45)cc3)c3ccc(-c4cc5ccccc5c5ccccc45)cc3)cc2-c2c(-c3ccccc3)cccc21. The lowest BCUT2D eigenvalue weighted by molar-refractivity contribution is 0.660. The highest BCUT2D eigenvalue weighted by atomic mass is 15.1. The molecule has 0 N–H and O–H groups in total. The van der Waals surface area contributed by atoms with Crippen LogP contribution in [-0.4, -0.2) is 0 Å². The molecule has 1 nitrogen and oxygen atoms in total. The van der Waals surface area contributed by atoms with Crippen LogP contribution in [0.4, 0.5) is 17.1 Å². The Hall–Kier alpha value is -7.22. The van der Waals surface area contributed by atoms with E-state index in [0.29, 0.717) is 0 Å². The van der Waals surface area contributed by atoms with E-state index in [1.165, 1.54) is 88.0 Å². The van der Waals surface area contributed by atoms with Crippen molar-refractivity contribution in [2.24, 2.45) is 0 Å². The molecule has 10 aromatic rings. The minimum Gasteiger partial charge on any atom is -0.310 e. The van der Waals surface area contributed by atoms with Crippen LogP contribution in [0, 0.1) is 0 Å². The third kappa shape index (κ3) is 5.46. The van der Waals surface area contributed by atoms with E-state index < -0.39 is 0 Å². The molecule has 0 aliphatic heterocycles. The fraction of sp³-hybridized carbons (Fsp3) is 0.0526. The highest BCUT2D eigenvalue weighted by Gasteiger charge is 2.37. The van der Waals surface area contributed by atoms with Gasteiger partial charge in [-0.2, -0.15) is 0 Å². The predicted octanol–water partition coefficient (Wildman–Crippen LogP) is 15.9. The number of fused-ring (bicyclic) bond motifs is 7. The zero-order valence-corrected chi connectivity index (χ0v) is 32.7. The molecule has 0 aromatic heterocycles. The Labute approximate surface area is 340 Å². The molecule has 0 saturated carbocycles. The number of anilines is 3. The number of benzene rings is 10. The average Bonchev–Trinajstić information content (AvgIpc) is 3.52. The maximum atomic E-state index is 2.43. The van der Waals surface area contributed by atoms with Gasteiger partial charge in [0.1, 0.15) is 0 Å². The molecule has 0 amide bonds. The molecule has 0 unspecified atom stereocenters. The molecule has 0 fully saturated rings. The molecule has 1 aliphatic carbocycles. The van der Waals surface area contributed by atoms with E-state index in [1.807, 2.05) is 0 Å². The van der Waals surface area contributed by atoms with Gasteiger partial charge in [-0.1, -0.05) is 184 Å². The van der Waals surface area contributed by atoms with Crippen molar-refractivity contribution in [3.05, 3.63) is 223 Å². The highest BCUT2D eigenvalue weighted by Crippen LogP contribution is 2.54. The van der Waals surface area contributed by atoms with Gasteiger partial charge in [0.2, 0.25) is 0 Å². The van der Waals surface area contributed by atoms with Gasteiger partial charge in [-0.25, -0.2) is 0 Å². The van der Waals surface area contributed by atoms with Crippen LogP contribution in [0.1, 0.15) is 25.0 Å². The predicted molar refractivity (Wildman–Crippen MR) is 248 cm³/mol. The Morgan fingerprint density at radius 2 is 0.845 bits per heavy atom. The number of nitrogens with zero attached hydrogens (tertiary/aromatic N) is 1. The van der Waals surface area contributed by atoms with Crippen LogP contribution >= 0.6 is 0 Å². The first kappa shape index (κ1) is 34.1. The van der Waals surface area contributed by atoms with Crippen molar-refractivity contribution >= 4 is 49.4 Å². The summed E-state index contributed by atoms with van der Waals surface area (Å²) in [4.78, 5) is 2.42. The van der Waals surface area contributed by atoms with E-state index >= 15 is 0 Å². The van der Waals surface area contributed by atoms with Gasteiger partial charge < -0.3 is 4.90 Å². The van der Waals surface area contributed by atoms with Crippen molar-refractivity contribution in [2.45, 2.75) is 19.3 Å². The minimum atomic E-state index is -0.122. The topological polar surface area (TPSA) is 3.24 Å². The standard InChI is InChI=1S/C57H41N/c1-57(2)54-35-34-45(37-53(54)56-49(24-13-25-55(56)57)39-14-4-3-5-15-39)58(43-30-26-40(27-31-43)47-23-12-18-38-16-6-8-19-46(38)47)44-32-28-41(29-33-44)52-36-42-17-7-9-20-48(42)50-21-10-11-22-51(50)52/h3-37H,1-2H3. The van der Waals surface area contributed by atoms with Crippen molar-refractivity contribution in [1.29, 1.82) is 0 Å². The Kier molecular flexibility index (Phi) is 7.91. The van der Waals surface area contributed by atoms with Crippen LogP contribution < -0.4 is 4.90 Å². The molecule has 58 heavy (non-hydrogen) atoms. The van der Waals surface area contributed by atoms with Gasteiger partial charge in [-0.05, 0) is 130 Å². The fourth-order valence-electron chi connectivity index (χ4n) is 9.59. The third-order valence-corrected chi connectivity index (χ3v) is 12.5. The summed E-state index contributed by atoms with van der Waals surface area (Å²) in [5.74, 6) is 0. The first-order valence-corrected chi connectivity index (χ1v) is 20.3. The largest absolute Gasteiger partial charge is 0.310 e. The molecular formula is C57H41N. The summed E-state index contributed by atoms with van der Waals surface area (Å²) in [5.41, 5.74) is 16.0. The summed E-state index contributed by atoms with van der Waals surface area (Å²) >= 11 is 0. The second-order valence-electron chi connectivity index (χ2n) is 16.1. The average molecular weight is 740 g/mol. The summed E-state index contributed by atoms with van der Waals surface area (Å²) in [7, 11) is 0. The second-order valence-corrected chi connectivity index (χ2v) is 16.1. The summed E-state index contributed by atoms with van der Waals surface area (Å²) < 4.78 is 0. The van der Waals surface area contributed by atoms with Crippen molar-refractivity contribution in [2.75, 3.05) is 4.90 Å². The smallest absolute Gasteiger partial charge is 0.0468 e. The van der Waals surface area contributed by atoms with Crippen LogP contribution in [0.3, 0.4) is 0 Å². The Bertz CT molecular complexity index is 3170. The number of rotatable bonds is 6. The summed E-state index contributed by atoms with van der Waals surface area (Å²) in [5, 5.41) is 7.60. The van der Waals surface area contributed by atoms with E-state index in [0.717, 1.165) is 17.1 Å². The molecule has 0 atom stereocenters. The Morgan fingerprint density at radius 3 is 1.59 bits per heavy atom. The van der Waals surface area contributed by atoms with Gasteiger partial charge in [-0.3, -0.25) is 0 Å². The fourth-order valence-corrected chi connectivity index (χ4v) is 9.59. The molecule has 1 heteroatoms. The molecule has 0 radical (unpaired) electrons. The quantitative estimate of drug-likeness (QED) is 0.154. The highest BCUT2D eigenvalue weighted by molar-refractivity contribution is 6.13. The third-order valence-electron chi connectivity index (χ3n) is 12.5. The normalized spacial score (nSPS) is 12.8. The van der Waals surface area contributed by atoms with Crippen LogP contribution in [0.5, 0.6) is 0 Å². The van der Waals surface area contributed by atoms with Crippen molar-refractivity contribution in [1.82, 2.24) is 0 Å². The van der Waals surface area contributed by atoms with Gasteiger partial charge in [-0.15, -0.1) is 0 Å². The zero-order chi connectivity index (χ0) is 38.8. The lowest BCUT2D eigenvalue weighted by Gasteiger charge is -2.27. The number of hydrogen-bond acceptors (Lipinski definition) is 1. The lowest BCUT2D eigenvalue weighted by atomic mass is 9.82. The Morgan fingerprint density at radius 1 is 0.310 bits per heavy atom. The van der Waals surface area contributed by atoms with Gasteiger partial charge in [0.25, 0.3) is 0 Å². The maximum Gasteiger partial charge on any atom is 0.0468 e. The molecule has 0 spiro atoms. The van der Waals surface area contributed by atoms with Gasteiger partial charge in [0.05, 0.1) is 0 Å². The summed E-state index contributed by atoms with van der Waals surface area (Å²) in [6.45, 7) is 4.73. The molecular weight excluding hydrogens is 699 g/mol. The molecule has 1 aliphatic rings. The van der Waals surface area contributed by atoms with E-state index in [1.54, 1.807) is 0 Å². The van der Waals surface area contributed by atoms with Crippen molar-refractivity contribution in [3.63, 3.8) is 0 Å². The van der Waals surface area contributed by atoms with Crippen molar-refractivity contribution < 1.29 is 0 Å². The first-order chi connectivity index (χ1) is 28.5. The second kappa shape index (κ2) is 13.5. The van der Waals surface area contributed by atoms with Crippen LogP contribution in [0.25, 0.3) is 76.8 Å². The summed E-state index contributed by atoms with van der Waals surface area (Å²) in [6.07, 6.45) is 0. The molecule has 274 valence electrons. The van der Waals surface area contributed by atoms with Gasteiger partial charge in [0.15, 0.2) is 0 Å². The lowest BCUT2D eigenvalue weighted by Crippen LogP contribution is -2.15. The van der Waals surface area contributed by atoms with Gasteiger partial charge in [0, 0.05) is 22.5 Å². The molecule has 0 heterocycles. The summed E-state index contributed by atoms with van der Waals surface area (Å²) in [6, 6.07) is 78.1. The van der Waals surface area contributed by atoms with E-state index in [2.05, 4.69) is 231 Å². The van der Waals surface area contributed by atoms with E-state index in [4.69, 9.17) is 0 Å². The monoisotopic (exact) mass is 739 g/mol. The van der Waals surface area contributed by atoms with Crippen LogP contribution in [0.15, 0.2) is 212 Å². The molecule has 11 rings (SSSR count). The minimum absolute atomic E-state index is 0.122. The molecule has 0 bridgehead atoms. The van der Waals surface area contributed by atoms with Crippen LogP contribution in [0.2, 0.25) is 0 Å². The van der Waals surface area contributed by atoms with Gasteiger partial charge >= 0.3 is 0 Å². The first-order valence-electron chi connectivity index (χ1n) is 20.3. The number of hydrogen-bond donors (Lipinski definition) is 0. The molecule has 0 saturated heterocycles. The van der Waals surface area contributed by atoms with E-state index in [-0.39, 0.29) is 5.41 Å². The zero-order valence-electron chi connectivity index (χ0n) is 32.7. The maximum absolute atomic E-state index is 2.43.